The molecule has 104 valence electrons. The van der Waals surface area contributed by atoms with E-state index in [9.17, 15) is 0 Å². The van der Waals surface area contributed by atoms with Gasteiger partial charge in [-0.1, -0.05) is 46.3 Å². The molecule has 0 spiro atoms. The minimum Gasteiger partial charge on any atom is -0.493 e. The van der Waals surface area contributed by atoms with Crippen LogP contribution < -0.4 is 10.1 Å². The van der Waals surface area contributed by atoms with Crippen LogP contribution >= 0.6 is 15.9 Å². The highest BCUT2D eigenvalue weighted by molar-refractivity contribution is 9.10. The Morgan fingerprint density at radius 2 is 2.00 bits per heavy atom. The number of hydrogen-bond donors (Lipinski definition) is 1. The lowest BCUT2D eigenvalue weighted by molar-refractivity contribution is 0.261. The van der Waals surface area contributed by atoms with Crippen LogP contribution in [0.25, 0.3) is 11.1 Å². The molecule has 0 saturated carbocycles. The van der Waals surface area contributed by atoms with Crippen LogP contribution in [-0.4, -0.2) is 19.7 Å². The molecule has 1 atom stereocenters. The fourth-order valence-electron chi connectivity index (χ4n) is 2.54. The van der Waals surface area contributed by atoms with Crippen molar-refractivity contribution in [2.24, 2.45) is 5.92 Å². The Morgan fingerprint density at radius 3 is 2.75 bits per heavy atom. The molecule has 0 amide bonds. The predicted octanol–water partition coefficient (Wildman–Crippen LogP) is 4.10. The van der Waals surface area contributed by atoms with Crippen molar-refractivity contribution in [2.75, 3.05) is 19.7 Å². The van der Waals surface area contributed by atoms with Crippen molar-refractivity contribution in [1.82, 2.24) is 5.32 Å². The topological polar surface area (TPSA) is 21.3 Å². The van der Waals surface area contributed by atoms with Crippen molar-refractivity contribution in [2.45, 2.75) is 6.42 Å². The van der Waals surface area contributed by atoms with E-state index in [2.05, 4.69) is 57.6 Å². The van der Waals surface area contributed by atoms with Crippen molar-refractivity contribution < 1.29 is 4.74 Å². The maximum absolute atomic E-state index is 6.07. The largest absolute Gasteiger partial charge is 0.493 e. The lowest BCUT2D eigenvalue weighted by Crippen LogP contribution is -2.15. The van der Waals surface area contributed by atoms with Gasteiger partial charge < -0.3 is 10.1 Å². The molecule has 3 heteroatoms. The van der Waals surface area contributed by atoms with Crippen LogP contribution in [0.1, 0.15) is 6.42 Å². The molecule has 2 aromatic rings. The summed E-state index contributed by atoms with van der Waals surface area (Å²) in [6.07, 6.45) is 1.21. The molecule has 1 aliphatic rings. The second kappa shape index (κ2) is 6.42. The first-order valence-electron chi connectivity index (χ1n) is 7.01. The van der Waals surface area contributed by atoms with Gasteiger partial charge in [-0.2, -0.15) is 0 Å². The third-order valence-electron chi connectivity index (χ3n) is 3.66. The maximum Gasteiger partial charge on any atom is 0.127 e. The van der Waals surface area contributed by atoms with Gasteiger partial charge >= 0.3 is 0 Å². The lowest BCUT2D eigenvalue weighted by Gasteiger charge is -2.15. The quantitative estimate of drug-likeness (QED) is 0.910. The molecule has 1 unspecified atom stereocenters. The van der Waals surface area contributed by atoms with Crippen molar-refractivity contribution in [3.63, 3.8) is 0 Å². The smallest absolute Gasteiger partial charge is 0.127 e. The minimum atomic E-state index is 0.627. The van der Waals surface area contributed by atoms with Crippen molar-refractivity contribution >= 4 is 15.9 Å². The summed E-state index contributed by atoms with van der Waals surface area (Å²) < 4.78 is 7.14. The molecule has 0 bridgehead atoms. The Bertz CT molecular complexity index is 564. The number of halogens is 1. The van der Waals surface area contributed by atoms with Crippen LogP contribution in [0.15, 0.2) is 53.0 Å². The second-order valence-corrected chi connectivity index (χ2v) is 6.09. The zero-order valence-electron chi connectivity index (χ0n) is 11.3. The first kappa shape index (κ1) is 13.7. The van der Waals surface area contributed by atoms with E-state index < -0.39 is 0 Å². The van der Waals surface area contributed by atoms with Crippen LogP contribution in [0, 0.1) is 5.92 Å². The van der Waals surface area contributed by atoms with Gasteiger partial charge in [0.2, 0.25) is 0 Å². The summed E-state index contributed by atoms with van der Waals surface area (Å²) >= 11 is 3.55. The van der Waals surface area contributed by atoms with Gasteiger partial charge in [0.1, 0.15) is 5.75 Å². The van der Waals surface area contributed by atoms with Crippen LogP contribution in [0.5, 0.6) is 5.75 Å². The average molecular weight is 332 g/mol. The summed E-state index contributed by atoms with van der Waals surface area (Å²) in [6, 6.07) is 16.6. The number of hydrogen-bond acceptors (Lipinski definition) is 2. The molecule has 2 aromatic carbocycles. The Kier molecular flexibility index (Phi) is 4.38. The maximum atomic E-state index is 6.07. The number of nitrogens with one attached hydrogen (secondary N) is 1. The number of benzene rings is 2. The molecule has 0 aliphatic carbocycles. The van der Waals surface area contributed by atoms with Gasteiger partial charge in [-0.3, -0.25) is 0 Å². The van der Waals surface area contributed by atoms with E-state index in [1.165, 1.54) is 12.0 Å². The molecular weight excluding hydrogens is 314 g/mol. The number of rotatable bonds is 4. The second-order valence-electron chi connectivity index (χ2n) is 5.18. The highest BCUT2D eigenvalue weighted by Gasteiger charge is 2.16. The Morgan fingerprint density at radius 1 is 1.15 bits per heavy atom. The van der Waals surface area contributed by atoms with Crippen LogP contribution in [0.4, 0.5) is 0 Å². The highest BCUT2D eigenvalue weighted by Crippen LogP contribution is 2.33. The van der Waals surface area contributed by atoms with Gasteiger partial charge in [-0.25, -0.2) is 0 Å². The van der Waals surface area contributed by atoms with Crippen LogP contribution in [-0.2, 0) is 0 Å². The Balaban J connectivity index is 1.82. The van der Waals surface area contributed by atoms with E-state index in [0.717, 1.165) is 35.5 Å². The monoisotopic (exact) mass is 331 g/mol. The van der Waals surface area contributed by atoms with Gasteiger partial charge in [-0.05, 0) is 36.7 Å². The summed E-state index contributed by atoms with van der Waals surface area (Å²) in [5.41, 5.74) is 2.33. The standard InChI is InChI=1S/C17H18BrNO/c18-15-6-7-17(20-12-13-8-9-19-11-13)16(10-15)14-4-2-1-3-5-14/h1-7,10,13,19H,8-9,11-12H2. The van der Waals surface area contributed by atoms with E-state index >= 15 is 0 Å². The molecule has 1 aliphatic heterocycles. The van der Waals surface area contributed by atoms with Gasteiger partial charge in [-0.15, -0.1) is 0 Å². The molecule has 1 fully saturated rings. The molecule has 1 saturated heterocycles. The van der Waals surface area contributed by atoms with Gasteiger partial charge in [0.25, 0.3) is 0 Å². The van der Waals surface area contributed by atoms with Gasteiger partial charge in [0, 0.05) is 22.5 Å². The highest BCUT2D eigenvalue weighted by atomic mass is 79.9. The lowest BCUT2D eigenvalue weighted by atomic mass is 10.0. The average Bonchev–Trinajstić information content (AvgIpc) is 3.00. The van der Waals surface area contributed by atoms with Crippen molar-refractivity contribution in [3.8, 4) is 16.9 Å². The van der Waals surface area contributed by atoms with E-state index in [0.29, 0.717) is 5.92 Å². The molecule has 2 nitrogen and oxygen atoms in total. The minimum absolute atomic E-state index is 0.627. The molecule has 3 rings (SSSR count). The Labute approximate surface area is 128 Å². The van der Waals surface area contributed by atoms with Crippen molar-refractivity contribution in [1.29, 1.82) is 0 Å². The van der Waals surface area contributed by atoms with Crippen molar-refractivity contribution in [3.05, 3.63) is 53.0 Å². The van der Waals surface area contributed by atoms with E-state index in [4.69, 9.17) is 4.74 Å². The fraction of sp³-hybridized carbons (Fsp3) is 0.294. The molecule has 1 heterocycles. The summed E-state index contributed by atoms with van der Waals surface area (Å²) in [5.74, 6) is 1.59. The predicted molar refractivity (Wildman–Crippen MR) is 86.0 cm³/mol. The fourth-order valence-corrected chi connectivity index (χ4v) is 2.90. The zero-order valence-corrected chi connectivity index (χ0v) is 12.9. The first-order chi connectivity index (χ1) is 9.83. The molecular formula is C17H18BrNO. The van der Waals surface area contributed by atoms with Crippen LogP contribution in [0.3, 0.4) is 0 Å². The zero-order chi connectivity index (χ0) is 13.8. The molecule has 0 radical (unpaired) electrons. The summed E-state index contributed by atoms with van der Waals surface area (Å²) in [4.78, 5) is 0. The summed E-state index contributed by atoms with van der Waals surface area (Å²) in [5, 5.41) is 3.38. The summed E-state index contributed by atoms with van der Waals surface area (Å²) in [7, 11) is 0. The third kappa shape index (κ3) is 3.22. The van der Waals surface area contributed by atoms with Crippen LogP contribution in [0.2, 0.25) is 0 Å². The molecule has 20 heavy (non-hydrogen) atoms. The summed E-state index contributed by atoms with van der Waals surface area (Å²) in [6.45, 7) is 2.96. The third-order valence-corrected chi connectivity index (χ3v) is 4.16. The molecule has 0 aromatic heterocycles. The van der Waals surface area contributed by atoms with Gasteiger partial charge in [0.05, 0.1) is 6.61 Å². The van der Waals surface area contributed by atoms with Gasteiger partial charge in [0.15, 0.2) is 0 Å². The van der Waals surface area contributed by atoms with E-state index in [1.54, 1.807) is 0 Å². The van der Waals surface area contributed by atoms with E-state index in [-0.39, 0.29) is 0 Å². The molecule has 1 N–H and O–H groups in total. The number of ether oxygens (including phenoxy) is 1. The Hall–Kier alpha value is -1.32. The first-order valence-corrected chi connectivity index (χ1v) is 7.81. The normalized spacial score (nSPS) is 18.1. The van der Waals surface area contributed by atoms with E-state index in [1.807, 2.05) is 12.1 Å². The SMILES string of the molecule is Brc1ccc(OCC2CCNC2)c(-c2ccccc2)c1.